The van der Waals surface area contributed by atoms with Crippen LogP contribution in [-0.4, -0.2) is 38.8 Å². The van der Waals surface area contributed by atoms with Crippen LogP contribution in [0.15, 0.2) is 12.1 Å². The van der Waals surface area contributed by atoms with Crippen molar-refractivity contribution in [2.24, 2.45) is 0 Å². The lowest BCUT2D eigenvalue weighted by molar-refractivity contribution is 0.0950. The number of rotatable bonds is 6. The molecule has 5 nitrogen and oxygen atoms in total. The normalized spacial score (nSPS) is 9.88. The number of aliphatic hydroxyl groups excluding tert-OH is 1. The van der Waals surface area contributed by atoms with Gasteiger partial charge in [0.2, 0.25) is 0 Å². The SMILES string of the molecule is COc1cc(OC)c(C(=O)CCO)c(OC)c1. The Morgan fingerprint density at radius 1 is 1.12 bits per heavy atom. The number of hydrogen-bond donors (Lipinski definition) is 1. The van der Waals surface area contributed by atoms with E-state index >= 15 is 0 Å². The van der Waals surface area contributed by atoms with Gasteiger partial charge in [0.05, 0.1) is 27.9 Å². The molecule has 1 aromatic carbocycles. The fraction of sp³-hybridized carbons (Fsp3) is 0.417. The first-order valence-corrected chi connectivity index (χ1v) is 5.12. The van der Waals surface area contributed by atoms with Crippen LogP contribution in [0, 0.1) is 0 Å². The van der Waals surface area contributed by atoms with Crippen LogP contribution < -0.4 is 14.2 Å². The van der Waals surface area contributed by atoms with Crippen LogP contribution in [-0.2, 0) is 0 Å². The Balaban J connectivity index is 3.29. The van der Waals surface area contributed by atoms with Crippen LogP contribution in [0.2, 0.25) is 0 Å². The highest BCUT2D eigenvalue weighted by molar-refractivity contribution is 6.01. The smallest absolute Gasteiger partial charge is 0.172 e. The van der Waals surface area contributed by atoms with E-state index in [1.807, 2.05) is 0 Å². The summed E-state index contributed by atoms with van der Waals surface area (Å²) < 4.78 is 15.3. The number of carbonyl (C=O) groups is 1. The van der Waals surface area contributed by atoms with Gasteiger partial charge in [0.15, 0.2) is 5.78 Å². The van der Waals surface area contributed by atoms with Gasteiger partial charge in [-0.05, 0) is 0 Å². The molecule has 1 aromatic rings. The molecule has 0 radical (unpaired) electrons. The van der Waals surface area contributed by atoms with Gasteiger partial charge in [-0.25, -0.2) is 0 Å². The molecule has 0 unspecified atom stereocenters. The number of aliphatic hydroxyl groups is 1. The van der Waals surface area contributed by atoms with E-state index in [-0.39, 0.29) is 18.8 Å². The largest absolute Gasteiger partial charge is 0.496 e. The zero-order valence-corrected chi connectivity index (χ0v) is 10.1. The first kappa shape index (κ1) is 13.3. The third-order valence-corrected chi connectivity index (χ3v) is 2.33. The molecule has 0 aliphatic rings. The number of ketones is 1. The van der Waals surface area contributed by atoms with Crippen LogP contribution in [0.5, 0.6) is 17.2 Å². The summed E-state index contributed by atoms with van der Waals surface area (Å²) in [6, 6.07) is 3.21. The van der Waals surface area contributed by atoms with Gasteiger partial charge in [0, 0.05) is 18.6 Å². The highest BCUT2D eigenvalue weighted by Gasteiger charge is 2.19. The molecule has 0 saturated carbocycles. The van der Waals surface area contributed by atoms with Crippen LogP contribution in [0.4, 0.5) is 0 Å². The number of hydrogen-bond acceptors (Lipinski definition) is 5. The minimum atomic E-state index is -0.233. The van der Waals surface area contributed by atoms with Gasteiger partial charge >= 0.3 is 0 Å². The summed E-state index contributed by atoms with van der Waals surface area (Å²) in [5.41, 5.74) is 0.324. The molecule has 0 aliphatic carbocycles. The Morgan fingerprint density at radius 2 is 1.65 bits per heavy atom. The Labute approximate surface area is 99.9 Å². The third kappa shape index (κ3) is 2.88. The van der Waals surface area contributed by atoms with E-state index in [0.29, 0.717) is 22.8 Å². The van der Waals surface area contributed by atoms with E-state index in [1.54, 1.807) is 12.1 Å². The van der Waals surface area contributed by atoms with Crippen LogP contribution in [0.25, 0.3) is 0 Å². The molecule has 0 aromatic heterocycles. The Kier molecular flexibility index (Phi) is 4.78. The number of methoxy groups -OCH3 is 3. The molecular formula is C12H16O5. The monoisotopic (exact) mass is 240 g/mol. The number of ether oxygens (including phenoxy) is 3. The van der Waals surface area contributed by atoms with Crippen molar-refractivity contribution in [3.05, 3.63) is 17.7 Å². The van der Waals surface area contributed by atoms with Gasteiger partial charge in [-0.2, -0.15) is 0 Å². The summed E-state index contributed by atoms with van der Waals surface area (Å²) in [4.78, 5) is 11.8. The molecule has 0 heterocycles. The quantitative estimate of drug-likeness (QED) is 0.759. The van der Waals surface area contributed by atoms with Gasteiger partial charge in [-0.1, -0.05) is 0 Å². The van der Waals surface area contributed by atoms with Crippen molar-refractivity contribution in [1.29, 1.82) is 0 Å². The average Bonchev–Trinajstić information content (AvgIpc) is 2.37. The van der Waals surface area contributed by atoms with E-state index in [2.05, 4.69) is 0 Å². The molecule has 0 saturated heterocycles. The van der Waals surface area contributed by atoms with Crippen molar-refractivity contribution in [3.8, 4) is 17.2 Å². The van der Waals surface area contributed by atoms with E-state index < -0.39 is 0 Å². The predicted octanol–water partition coefficient (Wildman–Crippen LogP) is 1.28. The van der Waals surface area contributed by atoms with Gasteiger partial charge in [0.25, 0.3) is 0 Å². The molecule has 17 heavy (non-hydrogen) atoms. The Bertz CT molecular complexity index is 375. The lowest BCUT2D eigenvalue weighted by Crippen LogP contribution is -2.07. The minimum absolute atomic E-state index is 0.0268. The van der Waals surface area contributed by atoms with Crippen LogP contribution in [0.3, 0.4) is 0 Å². The third-order valence-electron chi connectivity index (χ3n) is 2.33. The Morgan fingerprint density at radius 3 is 2.00 bits per heavy atom. The Hall–Kier alpha value is -1.75. The number of carbonyl (C=O) groups excluding carboxylic acids is 1. The molecule has 0 aliphatic heterocycles. The van der Waals surface area contributed by atoms with Crippen molar-refractivity contribution in [2.75, 3.05) is 27.9 Å². The second-order valence-corrected chi connectivity index (χ2v) is 3.30. The van der Waals surface area contributed by atoms with E-state index in [0.717, 1.165) is 0 Å². The summed E-state index contributed by atoms with van der Waals surface area (Å²) in [6.45, 7) is -0.211. The van der Waals surface area contributed by atoms with E-state index in [1.165, 1.54) is 21.3 Å². The molecule has 0 spiro atoms. The van der Waals surface area contributed by atoms with E-state index in [9.17, 15) is 4.79 Å². The summed E-state index contributed by atoms with van der Waals surface area (Å²) >= 11 is 0. The topological polar surface area (TPSA) is 65.0 Å². The van der Waals surface area contributed by atoms with Gasteiger partial charge < -0.3 is 19.3 Å². The fourth-order valence-electron chi connectivity index (χ4n) is 1.51. The lowest BCUT2D eigenvalue weighted by atomic mass is 10.1. The maximum absolute atomic E-state index is 11.8. The first-order valence-electron chi connectivity index (χ1n) is 5.12. The standard InChI is InChI=1S/C12H16O5/c1-15-8-6-10(16-2)12(9(14)4-5-13)11(7-8)17-3/h6-7,13H,4-5H2,1-3H3. The maximum Gasteiger partial charge on any atom is 0.172 e. The van der Waals surface area contributed by atoms with Gasteiger partial charge in [0.1, 0.15) is 22.8 Å². The van der Waals surface area contributed by atoms with Crippen molar-refractivity contribution in [1.82, 2.24) is 0 Å². The van der Waals surface area contributed by atoms with Crippen molar-refractivity contribution in [3.63, 3.8) is 0 Å². The molecule has 0 amide bonds. The molecule has 1 N–H and O–H groups in total. The van der Waals surface area contributed by atoms with Gasteiger partial charge in [-0.15, -0.1) is 0 Å². The molecule has 0 atom stereocenters. The average molecular weight is 240 g/mol. The molecule has 5 heteroatoms. The molecule has 94 valence electrons. The zero-order chi connectivity index (χ0) is 12.8. The second kappa shape index (κ2) is 6.10. The summed E-state index contributed by atoms with van der Waals surface area (Å²) in [7, 11) is 4.44. The van der Waals surface area contributed by atoms with Crippen LogP contribution >= 0.6 is 0 Å². The zero-order valence-electron chi connectivity index (χ0n) is 10.1. The highest BCUT2D eigenvalue weighted by atomic mass is 16.5. The highest BCUT2D eigenvalue weighted by Crippen LogP contribution is 2.34. The number of Topliss-reactive ketones (excluding diaryl/α,β-unsaturated/α-hetero) is 1. The summed E-state index contributed by atoms with van der Waals surface area (Å²) in [6.07, 6.45) is 0.0268. The molecule has 1 rings (SSSR count). The molecule has 0 bridgehead atoms. The minimum Gasteiger partial charge on any atom is -0.496 e. The summed E-state index contributed by atoms with van der Waals surface area (Å²) in [5.74, 6) is 1.06. The van der Waals surface area contributed by atoms with Crippen LogP contribution in [0.1, 0.15) is 16.8 Å². The lowest BCUT2D eigenvalue weighted by Gasteiger charge is -2.13. The summed E-state index contributed by atoms with van der Waals surface area (Å²) in [5, 5.41) is 8.80. The van der Waals surface area contributed by atoms with Gasteiger partial charge in [-0.3, -0.25) is 4.79 Å². The predicted molar refractivity (Wildman–Crippen MR) is 62.1 cm³/mol. The van der Waals surface area contributed by atoms with Crippen molar-refractivity contribution >= 4 is 5.78 Å². The number of benzene rings is 1. The molecule has 0 fully saturated rings. The van der Waals surface area contributed by atoms with E-state index in [4.69, 9.17) is 19.3 Å². The maximum atomic E-state index is 11.8. The van der Waals surface area contributed by atoms with Crippen molar-refractivity contribution < 1.29 is 24.1 Å². The first-order chi connectivity index (χ1) is 8.17. The molecular weight excluding hydrogens is 224 g/mol. The van der Waals surface area contributed by atoms with Crippen molar-refractivity contribution in [2.45, 2.75) is 6.42 Å². The second-order valence-electron chi connectivity index (χ2n) is 3.30. The fourth-order valence-corrected chi connectivity index (χ4v) is 1.51.